The maximum absolute atomic E-state index is 12.6. The molecule has 0 saturated carbocycles. The van der Waals surface area contributed by atoms with Crippen molar-refractivity contribution >= 4 is 105 Å². The molecule has 0 spiro atoms. The second-order valence-corrected chi connectivity index (χ2v) is 34.5. The molecule has 0 unspecified atom stereocenters. The molecule has 10 atom stereocenters. The van der Waals surface area contributed by atoms with E-state index in [1.165, 1.54) is 34.2 Å². The number of halogens is 3. The van der Waals surface area contributed by atoms with Gasteiger partial charge in [-0.1, -0.05) is 90.6 Å². The number of ketones is 1. The topological polar surface area (TPSA) is 390 Å². The van der Waals surface area contributed by atoms with E-state index in [4.69, 9.17) is 78.8 Å². The number of benzene rings is 1. The number of esters is 3. The molecule has 0 radical (unpaired) electrons. The molecule has 6 N–H and O–H groups in total. The number of hydrogen-bond acceptors (Lipinski definition) is 26. The second kappa shape index (κ2) is 88.5. The number of Topliss-reactive ketones (excluding diaryl/α,β-unsaturated/α-hetero) is 1. The van der Waals surface area contributed by atoms with E-state index in [0.29, 0.717) is 115 Å². The van der Waals surface area contributed by atoms with Crippen LogP contribution in [0.25, 0.3) is 0 Å². The molecule has 132 heavy (non-hydrogen) atoms. The summed E-state index contributed by atoms with van der Waals surface area (Å²) in [6, 6.07) is 7.75. The summed E-state index contributed by atoms with van der Waals surface area (Å²) < 4.78 is 55.7. The summed E-state index contributed by atoms with van der Waals surface area (Å²) in [7, 11) is 5.74. The van der Waals surface area contributed by atoms with E-state index < -0.39 is 33.8 Å². The molecule has 1 aromatic rings. The van der Waals surface area contributed by atoms with E-state index in [0.717, 1.165) is 180 Å². The van der Waals surface area contributed by atoms with Crippen LogP contribution in [0.2, 0.25) is 0 Å². The fraction of sp³-hybridized carbons (Fsp3) is 0.660. The Hall–Kier alpha value is -1.46. The van der Waals surface area contributed by atoms with Crippen molar-refractivity contribution in [2.75, 3.05) is 108 Å². The molecular weight excluding hydrogens is 2910 g/mol. The van der Waals surface area contributed by atoms with Gasteiger partial charge in [-0.15, -0.1) is 60.5 Å². The Bertz CT molecular complexity index is 3560. The molecule has 6 aliphatic rings. The molecule has 6 fully saturated rings. The predicted octanol–water partition coefficient (Wildman–Crippen LogP) is 14.3. The van der Waals surface area contributed by atoms with Crippen molar-refractivity contribution in [3.8, 4) is 0 Å². The molecule has 0 amide bonds. The Kier molecular flexibility index (Phi) is 93.2. The van der Waals surface area contributed by atoms with Crippen molar-refractivity contribution in [3.63, 3.8) is 0 Å². The number of aliphatic carboxylic acids is 3. The van der Waals surface area contributed by atoms with Gasteiger partial charge in [-0.3, -0.25) is 60.1 Å². The third-order valence-corrected chi connectivity index (χ3v) is 25.1. The largest absolute Gasteiger partial charge is 0.566 e. The van der Waals surface area contributed by atoms with Crippen molar-refractivity contribution in [2.45, 2.75) is 294 Å². The quantitative estimate of drug-likeness (QED) is 0.00406. The summed E-state index contributed by atoms with van der Waals surface area (Å²) in [5.41, 5.74) is 1.00. The summed E-state index contributed by atoms with van der Waals surface area (Å²) >= 11 is 18.7. The Morgan fingerprint density at radius 1 is 0.515 bits per heavy atom. The van der Waals surface area contributed by atoms with Gasteiger partial charge in [0.2, 0.25) is 0 Å². The summed E-state index contributed by atoms with van der Waals surface area (Å²) in [6.07, 6.45) is 53.9. The number of allylic oxidation sites excluding steroid dienone is 7. The number of hydrogen-bond donors (Lipinski definition) is 6. The number of carbonyl (C=O) groups is 7. The van der Waals surface area contributed by atoms with Crippen LogP contribution in [0.15, 0.2) is 115 Å². The number of rotatable bonds is 54. The molecule has 38 heteroatoms. The van der Waals surface area contributed by atoms with Crippen molar-refractivity contribution in [3.05, 3.63) is 129 Å². The Morgan fingerprint density at radius 3 is 1.30 bits per heavy atom. The normalized spacial score (nSPS) is 21.0. The third kappa shape index (κ3) is 64.1. The minimum absolute atomic E-state index is 0. The first-order valence-electron chi connectivity index (χ1n) is 44.4. The number of aliphatic hydroxyl groups excluding tert-OH is 2. The molecule has 7 rings (SSSR count). The Labute approximate surface area is 920 Å². The number of nitrogens with zero attached hydrogens (tertiary/aromatic N) is 5. The maximum Gasteiger partial charge on any atom is 0.305 e. The fourth-order valence-corrected chi connectivity index (χ4v) is 17.2. The number of unbranched alkanes of at least 4 members (excludes halogenated alkanes) is 6. The van der Waals surface area contributed by atoms with Gasteiger partial charge in [-0.05, 0) is 219 Å². The molecule has 0 bridgehead atoms. The third-order valence-electron chi connectivity index (χ3n) is 22.2. The number of likely N-dealkylation sites (N-methyl/N-ethyl adjacent to an activating group) is 1. The van der Waals surface area contributed by atoms with Crippen LogP contribution in [0.3, 0.4) is 0 Å². The van der Waals surface area contributed by atoms with E-state index in [-0.39, 0.29) is 250 Å². The molecule has 0 aliphatic carbocycles. The summed E-state index contributed by atoms with van der Waals surface area (Å²) in [5.74, 6) is -3.14. The molecule has 6 aliphatic heterocycles. The smallest absolute Gasteiger partial charge is 0.305 e. The minimum atomic E-state index is -3.77. The first-order chi connectivity index (χ1) is 61.1. The van der Waals surface area contributed by atoms with Crippen LogP contribution in [0.1, 0.15) is 224 Å². The van der Waals surface area contributed by atoms with Crippen LogP contribution in [-0.2, 0) is 85.9 Å². The molecule has 6 heterocycles. The van der Waals surface area contributed by atoms with Gasteiger partial charge in [0.1, 0.15) is 0 Å². The predicted molar refractivity (Wildman–Crippen MR) is 494 cm³/mol. The number of alkyl halides is 3. The van der Waals surface area contributed by atoms with E-state index in [1.54, 1.807) is 38.5 Å². The van der Waals surface area contributed by atoms with E-state index in [1.807, 2.05) is 63.0 Å². The zero-order valence-electron chi connectivity index (χ0n) is 78.4. The summed E-state index contributed by atoms with van der Waals surface area (Å²) in [5, 5.41) is 46.9. The standard InChI is InChI=1S/C20H29NO5S.C17H28NO5.C14H23ClNO3.C14H21ClNO3.C14H22NO4.C12H20ClNO2.C3H3O.5U/c1-16-10-12-17(13-11-16)27(23,24)26-19-14-15-21(2)18(19)8-6-4-5-7-9-20(22)25-3;1-21-16(20)10-7-5-4-6-9-15-17(22-2,23-3)11-13-18(15)12-8-14-19;2*15-12-8-10-16(9-5-11-17)13(12)6-3-1-2-4-7-14(18)19;16-11-5-9-15-10-8-13(17)12(15)6-3-1-2-4-7-14(18)19;1-16-12(15)7-5-3-2-4-6-11-10(13)8-9-14-11;1-2-3-4;;;;;/h4,6,10-13,18-19H,5,7-9,14-15H2,1-3H3;4,6,15H,5,7-13H2,1-3H3;1,3,11-13,17H,2,4-10H2,(H,18,19);1,3,12-13H,2,4-10H2,(H,18,19);1,3,11-12,16H,2,4-10H2,(H,18,19);2,4,10-11,14H,3,5-9H2,1H3;2H,1H2;;;;;/q;4*-1;;-1;;;;;/b2*6-4-;3*3-1-;4-2-;;;;;;/t18-,19-;15-;2*12-,13+;12-;10-,11+;;;;;;/m001101....../s1. The van der Waals surface area contributed by atoms with Crippen LogP contribution < -0.4 is 5.32 Å². The number of carboxylic acids is 3. The van der Waals surface area contributed by atoms with Crippen molar-refractivity contribution in [1.29, 1.82) is 0 Å². The first kappa shape index (κ1) is 139. The number of aryl methyl sites for hydroxylation is 1. The van der Waals surface area contributed by atoms with Gasteiger partial charge in [-0.2, -0.15) is 8.42 Å². The zero-order valence-corrected chi connectivity index (χ0v) is 102. The van der Waals surface area contributed by atoms with E-state index >= 15 is 0 Å². The maximum atomic E-state index is 12.6. The van der Waals surface area contributed by atoms with Gasteiger partial charge < -0.3 is 83.6 Å². The first-order valence-corrected chi connectivity index (χ1v) is 47.1. The van der Waals surface area contributed by atoms with Gasteiger partial charge >= 0.3 is 35.8 Å². The van der Waals surface area contributed by atoms with E-state index in [9.17, 15) is 51.6 Å². The zero-order chi connectivity index (χ0) is 94.5. The Morgan fingerprint density at radius 2 is 0.909 bits per heavy atom. The summed E-state index contributed by atoms with van der Waals surface area (Å²) in [4.78, 5) is 117. The van der Waals surface area contributed by atoms with Crippen LogP contribution in [0.5, 0.6) is 0 Å². The number of carbonyl (C=O) groups excluding carboxylic acids is 7. The SMILES string of the molecule is C=C[C-]=O.COC(=O)CCC/C=C\C[C@@H]1N(CC[C-]=O)CCC1(OC)OC.COC(=O)CCC/C=C\C[C@@H]1NCC[C@H]1Cl.COC(=O)CCC/C=C\C[C@H]1[C@@H](OS(=O)(=O)c2ccc(C)cc2)CCN1C.O=C(O)CCC/C=C\C[C@H]1C(=O)CCN1CC[CH-]O.O=C(O)CCC/C=C\C[C@H]1[C@H](Cl)CCN1CC[CH-]O.O=[C-]CCN1CC[C@@H](Cl)[C@@H]1C/C=C\CCCC(=O)O.[U].[U].[U].[U].[U]. The molecule has 0 aromatic heterocycles. The van der Waals surface area contributed by atoms with Crippen molar-refractivity contribution < 1.29 is 265 Å². The number of carboxylic acid groups (broad SMARTS) is 3. The molecule has 1 aromatic carbocycles. The van der Waals surface area contributed by atoms with Gasteiger partial charge in [0.15, 0.2) is 11.6 Å². The second-order valence-electron chi connectivity index (χ2n) is 31.3. The van der Waals surface area contributed by atoms with Gasteiger partial charge in [0.25, 0.3) is 10.1 Å². The Balaban J connectivity index is -0.000000484. The molecule has 742 valence electrons. The minimum Gasteiger partial charge on any atom is -0.566 e. The fourth-order valence-electron chi connectivity index (χ4n) is 15.0. The summed E-state index contributed by atoms with van der Waals surface area (Å²) in [6.45, 7) is 15.6. The van der Waals surface area contributed by atoms with Gasteiger partial charge in [0, 0.05) is 265 Å². The molecule has 6 saturated heterocycles. The van der Waals surface area contributed by atoms with Gasteiger partial charge in [-0.25, -0.2) is 25.9 Å². The van der Waals surface area contributed by atoms with Crippen LogP contribution in [0.4, 0.5) is 0 Å². The van der Waals surface area contributed by atoms with Crippen LogP contribution in [-0.4, -0.2) is 291 Å². The number of ether oxygens (including phenoxy) is 5. The number of nitrogens with one attached hydrogen (secondary N) is 1. The average molecular weight is 3060 g/mol. The average Bonchev–Trinajstić information content (AvgIpc) is 1.65. The van der Waals surface area contributed by atoms with Gasteiger partial charge in [0.05, 0.1) is 60.5 Å². The van der Waals surface area contributed by atoms with Crippen molar-refractivity contribution in [1.82, 2.24) is 29.8 Å². The molecule has 29 nitrogen and oxygen atoms in total. The van der Waals surface area contributed by atoms with Crippen LogP contribution >= 0.6 is 34.8 Å². The molecular formula is C94H146Cl3N6O23SU5-5. The number of methoxy groups -OCH3 is 5. The van der Waals surface area contributed by atoms with E-state index in [2.05, 4.69) is 87.1 Å². The van der Waals surface area contributed by atoms with Crippen LogP contribution in [0, 0.1) is 176 Å². The number of likely N-dealkylation sites (tertiary alicyclic amines) is 5. The number of aliphatic hydroxyl groups is 2. The monoisotopic (exact) mass is 3050 g/mol. The van der Waals surface area contributed by atoms with Crippen molar-refractivity contribution in [2.24, 2.45) is 0 Å².